The van der Waals surface area contributed by atoms with Crippen molar-refractivity contribution in [1.82, 2.24) is 5.32 Å². The zero-order valence-corrected chi connectivity index (χ0v) is 41.0. The normalized spacial score (nSPS) is 13.7. The fourth-order valence-corrected chi connectivity index (χ4v) is 9.09. The summed E-state index contributed by atoms with van der Waals surface area (Å²) in [5, 5.41) is 3.30. The van der Waals surface area contributed by atoms with Crippen LogP contribution in [0.25, 0.3) is 0 Å². The minimum absolute atomic E-state index is 0.0107. The summed E-state index contributed by atoms with van der Waals surface area (Å²) in [4.78, 5) is 13.5. The van der Waals surface area contributed by atoms with Crippen molar-refractivity contribution < 1.29 is 19.0 Å². The highest BCUT2D eigenvalue weighted by atomic mass is 16.6. The summed E-state index contributed by atoms with van der Waals surface area (Å²) in [5.74, 6) is 0. The van der Waals surface area contributed by atoms with Gasteiger partial charge in [-0.2, -0.15) is 0 Å². The van der Waals surface area contributed by atoms with Gasteiger partial charge in [0, 0.05) is 12.6 Å². The number of ether oxygens (including phenoxy) is 3. The molecule has 0 aliphatic heterocycles. The Kier molecular flexibility index (Phi) is 34.4. The number of nitrogens with one attached hydrogen (secondary N) is 1. The van der Waals surface area contributed by atoms with Gasteiger partial charge >= 0.3 is 6.09 Å². The number of carbonyl (C=O) groups excluding carboxylic acids is 1. The highest BCUT2D eigenvalue weighted by molar-refractivity contribution is 5.68. The maximum atomic E-state index is 13.5. The van der Waals surface area contributed by atoms with Crippen molar-refractivity contribution in [3.8, 4) is 0 Å². The van der Waals surface area contributed by atoms with E-state index in [2.05, 4.69) is 74.6 Å². The number of methoxy groups -OCH3 is 1. The molecule has 1 amide bonds. The van der Waals surface area contributed by atoms with Crippen molar-refractivity contribution in [2.45, 2.75) is 310 Å². The van der Waals surface area contributed by atoms with E-state index in [1.807, 2.05) is 0 Å². The molecule has 0 aromatic carbocycles. The van der Waals surface area contributed by atoms with E-state index >= 15 is 0 Å². The first-order chi connectivity index (χ1) is 27.1. The Hall–Kier alpha value is -0.810. The van der Waals surface area contributed by atoms with E-state index in [0.717, 1.165) is 51.4 Å². The molecule has 0 aliphatic rings. The average molecular weight is 808 g/mol. The smallest absolute Gasteiger partial charge is 0.407 e. The molecule has 5 nitrogen and oxygen atoms in total. The zero-order chi connectivity index (χ0) is 42.7. The Balaban J connectivity index is 4.82. The Morgan fingerprint density at radius 2 is 0.860 bits per heavy atom. The number of rotatable bonds is 42. The number of hydrogen-bond acceptors (Lipinski definition) is 4. The van der Waals surface area contributed by atoms with Crippen LogP contribution in [0.4, 0.5) is 4.79 Å². The molecule has 0 aliphatic carbocycles. The van der Waals surface area contributed by atoms with Crippen molar-refractivity contribution in [3.63, 3.8) is 0 Å². The van der Waals surface area contributed by atoms with Crippen LogP contribution >= 0.6 is 0 Å². The van der Waals surface area contributed by atoms with Gasteiger partial charge in [0.05, 0.1) is 17.8 Å². The fourth-order valence-electron chi connectivity index (χ4n) is 9.09. The van der Waals surface area contributed by atoms with Crippen LogP contribution < -0.4 is 5.32 Å². The maximum absolute atomic E-state index is 13.5. The summed E-state index contributed by atoms with van der Waals surface area (Å²) in [7, 11) is 1.77. The van der Waals surface area contributed by atoms with E-state index in [4.69, 9.17) is 14.2 Å². The monoisotopic (exact) mass is 808 g/mol. The lowest BCUT2D eigenvalue weighted by Crippen LogP contribution is -2.48. The second-order valence-electron chi connectivity index (χ2n) is 20.7. The van der Waals surface area contributed by atoms with E-state index < -0.39 is 0 Å². The molecule has 0 rings (SSSR count). The third-order valence-electron chi connectivity index (χ3n) is 12.7. The van der Waals surface area contributed by atoms with Crippen LogP contribution in [0.2, 0.25) is 0 Å². The molecule has 5 heteroatoms. The lowest BCUT2D eigenvalue weighted by Gasteiger charge is -2.41. The standard InChI is InChI=1S/C52H105NO4/c1-12-15-17-19-21-23-25-27-29-31-33-35-37-39-41-47(42-40-38-36-34-32-30-28-26-24-22-20-18-16-13-2)57-48(54)53-50(6,7)45-49(4,5)46-52(10,14-3)56-44-43-51(8,9)55-11/h47H,12-46H2,1-11H3,(H,53,54). The Morgan fingerprint density at radius 1 is 0.509 bits per heavy atom. The molecule has 0 fully saturated rings. The van der Waals surface area contributed by atoms with Gasteiger partial charge in [-0.1, -0.05) is 202 Å². The highest BCUT2D eigenvalue weighted by Crippen LogP contribution is 2.39. The number of carbonyl (C=O) groups is 1. The van der Waals surface area contributed by atoms with Crippen LogP contribution in [0.1, 0.15) is 288 Å². The molecule has 342 valence electrons. The third-order valence-corrected chi connectivity index (χ3v) is 12.7. The molecular weight excluding hydrogens is 703 g/mol. The lowest BCUT2D eigenvalue weighted by molar-refractivity contribution is -0.0879. The van der Waals surface area contributed by atoms with Gasteiger partial charge in [-0.25, -0.2) is 4.79 Å². The molecule has 1 atom stereocenters. The molecule has 0 heterocycles. The van der Waals surface area contributed by atoms with Crippen molar-refractivity contribution in [2.24, 2.45) is 5.41 Å². The predicted octanol–water partition coefficient (Wildman–Crippen LogP) is 17.4. The van der Waals surface area contributed by atoms with Gasteiger partial charge in [0.1, 0.15) is 6.10 Å². The van der Waals surface area contributed by atoms with Crippen LogP contribution in [-0.2, 0) is 14.2 Å². The molecule has 0 spiro atoms. The van der Waals surface area contributed by atoms with Gasteiger partial charge in [0.25, 0.3) is 0 Å². The number of hydrogen-bond donors (Lipinski definition) is 1. The third kappa shape index (κ3) is 35.6. The largest absolute Gasteiger partial charge is 0.446 e. The topological polar surface area (TPSA) is 56.8 Å². The van der Waals surface area contributed by atoms with Crippen LogP contribution in [-0.4, -0.2) is 42.7 Å². The first-order valence-electron chi connectivity index (χ1n) is 25.3. The van der Waals surface area contributed by atoms with Crippen molar-refractivity contribution in [3.05, 3.63) is 0 Å². The van der Waals surface area contributed by atoms with Crippen LogP contribution in [0.3, 0.4) is 0 Å². The molecule has 0 aromatic heterocycles. The van der Waals surface area contributed by atoms with Crippen LogP contribution in [0.15, 0.2) is 0 Å². The van der Waals surface area contributed by atoms with Gasteiger partial charge < -0.3 is 19.5 Å². The lowest BCUT2D eigenvalue weighted by atomic mass is 9.72. The van der Waals surface area contributed by atoms with Crippen molar-refractivity contribution in [2.75, 3.05) is 13.7 Å². The minimum atomic E-state index is -0.387. The van der Waals surface area contributed by atoms with Gasteiger partial charge in [-0.15, -0.1) is 0 Å². The molecule has 57 heavy (non-hydrogen) atoms. The number of alkyl carbamates (subject to hydrolysis) is 1. The first-order valence-corrected chi connectivity index (χ1v) is 25.3. The average Bonchev–Trinajstić information content (AvgIpc) is 3.13. The molecule has 0 saturated carbocycles. The second-order valence-corrected chi connectivity index (χ2v) is 20.7. The quantitative estimate of drug-likeness (QED) is 0.0624. The van der Waals surface area contributed by atoms with Crippen LogP contribution in [0, 0.1) is 5.41 Å². The molecule has 0 aromatic rings. The van der Waals surface area contributed by atoms with Gasteiger partial charge in [0.2, 0.25) is 0 Å². The summed E-state index contributed by atoms with van der Waals surface area (Å²) < 4.78 is 18.4. The first kappa shape index (κ1) is 56.2. The maximum Gasteiger partial charge on any atom is 0.407 e. The summed E-state index contributed by atoms with van der Waals surface area (Å²) in [6.07, 6.45) is 43.5. The predicted molar refractivity (Wildman–Crippen MR) is 251 cm³/mol. The van der Waals surface area contributed by atoms with Gasteiger partial charge in [0.15, 0.2) is 0 Å². The molecule has 1 N–H and O–H groups in total. The fraction of sp³-hybridized carbons (Fsp3) is 0.981. The molecular formula is C52H105NO4. The molecule has 1 unspecified atom stereocenters. The second kappa shape index (κ2) is 34.9. The summed E-state index contributed by atoms with van der Waals surface area (Å²) >= 11 is 0. The molecule has 0 bridgehead atoms. The van der Waals surface area contributed by atoms with E-state index in [1.165, 1.54) is 167 Å². The van der Waals surface area contributed by atoms with E-state index in [0.29, 0.717) is 6.61 Å². The summed E-state index contributed by atoms with van der Waals surface area (Å²) in [6.45, 7) is 22.9. The minimum Gasteiger partial charge on any atom is -0.446 e. The van der Waals surface area contributed by atoms with E-state index in [1.54, 1.807) is 7.11 Å². The van der Waals surface area contributed by atoms with Crippen molar-refractivity contribution in [1.29, 1.82) is 0 Å². The number of unbranched alkanes of at least 4 members (excludes halogenated alkanes) is 26. The Bertz CT molecular complexity index is 869. The SMILES string of the molecule is CCCCCCCCCCCCCCCCC(CCCCCCCCCCCCCCCC)OC(=O)NC(C)(C)CC(C)(C)CC(C)(CC)OCCC(C)(C)OC. The molecule has 0 saturated heterocycles. The number of amides is 1. The Morgan fingerprint density at radius 3 is 1.19 bits per heavy atom. The van der Waals surface area contributed by atoms with Gasteiger partial charge in [-0.3, -0.25) is 0 Å². The highest BCUT2D eigenvalue weighted by Gasteiger charge is 2.37. The Labute approximate surface area is 358 Å². The van der Waals surface area contributed by atoms with Crippen LogP contribution in [0.5, 0.6) is 0 Å². The van der Waals surface area contributed by atoms with Crippen molar-refractivity contribution >= 4 is 6.09 Å². The van der Waals surface area contributed by atoms with E-state index in [9.17, 15) is 4.79 Å². The van der Waals surface area contributed by atoms with E-state index in [-0.39, 0.29) is 34.4 Å². The molecule has 0 radical (unpaired) electrons. The summed E-state index contributed by atoms with van der Waals surface area (Å²) in [5.41, 5.74) is -0.828. The zero-order valence-electron chi connectivity index (χ0n) is 41.0. The van der Waals surface area contributed by atoms with Gasteiger partial charge in [-0.05, 0) is 91.4 Å². The summed E-state index contributed by atoms with van der Waals surface area (Å²) in [6, 6.07) is 0.